The van der Waals surface area contributed by atoms with Gasteiger partial charge in [0.25, 0.3) is 0 Å². The van der Waals surface area contributed by atoms with Gasteiger partial charge in [-0.3, -0.25) is 0 Å². The average molecular weight is 217 g/mol. The van der Waals surface area contributed by atoms with E-state index in [1.165, 1.54) is 6.07 Å². The van der Waals surface area contributed by atoms with Gasteiger partial charge in [0.05, 0.1) is 0 Å². The van der Waals surface area contributed by atoms with Gasteiger partial charge in [0.2, 0.25) is 5.95 Å². The lowest BCUT2D eigenvalue weighted by Crippen LogP contribution is -1.96. The SMILES string of the molecule is Cc1cc(-c2nc(C)cc(C)n2)cc(F)n1. The summed E-state index contributed by atoms with van der Waals surface area (Å²) in [5, 5.41) is 0. The predicted octanol–water partition coefficient (Wildman–Crippen LogP) is 2.60. The second-order valence-corrected chi connectivity index (χ2v) is 3.79. The molecular weight excluding hydrogens is 205 g/mol. The maximum atomic E-state index is 13.1. The van der Waals surface area contributed by atoms with Crippen LogP contribution >= 0.6 is 0 Å². The van der Waals surface area contributed by atoms with E-state index in [1.807, 2.05) is 19.9 Å². The molecular formula is C12H12FN3. The summed E-state index contributed by atoms with van der Waals surface area (Å²) in [4.78, 5) is 12.2. The molecule has 0 fully saturated rings. The number of halogens is 1. The van der Waals surface area contributed by atoms with Gasteiger partial charge in [-0.1, -0.05) is 0 Å². The van der Waals surface area contributed by atoms with E-state index in [4.69, 9.17) is 0 Å². The van der Waals surface area contributed by atoms with Crippen LogP contribution in [0.3, 0.4) is 0 Å². The number of aryl methyl sites for hydroxylation is 3. The zero-order valence-electron chi connectivity index (χ0n) is 9.45. The molecule has 0 amide bonds. The van der Waals surface area contributed by atoms with E-state index < -0.39 is 5.95 Å². The van der Waals surface area contributed by atoms with Gasteiger partial charge in [0, 0.05) is 28.7 Å². The van der Waals surface area contributed by atoms with Crippen LogP contribution in [0.15, 0.2) is 18.2 Å². The highest BCUT2D eigenvalue weighted by atomic mass is 19.1. The van der Waals surface area contributed by atoms with Crippen LogP contribution in [0, 0.1) is 26.7 Å². The van der Waals surface area contributed by atoms with Gasteiger partial charge in [-0.25, -0.2) is 15.0 Å². The third-order valence-corrected chi connectivity index (χ3v) is 2.16. The van der Waals surface area contributed by atoms with E-state index in [1.54, 1.807) is 13.0 Å². The van der Waals surface area contributed by atoms with Crippen LogP contribution in [0.1, 0.15) is 17.1 Å². The molecule has 0 aliphatic carbocycles. The van der Waals surface area contributed by atoms with Crippen LogP contribution in [0.4, 0.5) is 4.39 Å². The molecule has 0 aliphatic rings. The van der Waals surface area contributed by atoms with Crippen molar-refractivity contribution in [3.63, 3.8) is 0 Å². The van der Waals surface area contributed by atoms with Crippen molar-refractivity contribution in [1.82, 2.24) is 15.0 Å². The first-order valence-corrected chi connectivity index (χ1v) is 5.01. The zero-order valence-corrected chi connectivity index (χ0v) is 9.45. The molecule has 0 bridgehead atoms. The molecule has 0 aromatic carbocycles. The summed E-state index contributed by atoms with van der Waals surface area (Å²) in [6, 6.07) is 5.01. The predicted molar refractivity (Wildman–Crippen MR) is 59.4 cm³/mol. The summed E-state index contributed by atoms with van der Waals surface area (Å²) in [5.41, 5.74) is 3.03. The van der Waals surface area contributed by atoms with Crippen LogP contribution in [-0.4, -0.2) is 15.0 Å². The third kappa shape index (κ3) is 2.21. The molecule has 0 aliphatic heterocycles. The Kier molecular flexibility index (Phi) is 2.64. The van der Waals surface area contributed by atoms with Crippen LogP contribution in [0.5, 0.6) is 0 Å². The van der Waals surface area contributed by atoms with E-state index in [0.29, 0.717) is 17.1 Å². The first-order valence-electron chi connectivity index (χ1n) is 5.01. The second kappa shape index (κ2) is 3.96. The van der Waals surface area contributed by atoms with Gasteiger partial charge in [0.1, 0.15) is 0 Å². The molecule has 2 heterocycles. The molecule has 4 heteroatoms. The molecule has 0 atom stereocenters. The van der Waals surface area contributed by atoms with E-state index in [2.05, 4.69) is 15.0 Å². The Labute approximate surface area is 93.4 Å². The monoisotopic (exact) mass is 217 g/mol. The van der Waals surface area contributed by atoms with Crippen molar-refractivity contribution >= 4 is 0 Å². The number of hydrogen-bond acceptors (Lipinski definition) is 3. The van der Waals surface area contributed by atoms with E-state index in [9.17, 15) is 4.39 Å². The molecule has 82 valence electrons. The van der Waals surface area contributed by atoms with E-state index in [-0.39, 0.29) is 0 Å². The average Bonchev–Trinajstić information content (AvgIpc) is 2.14. The summed E-state index contributed by atoms with van der Waals surface area (Å²) >= 11 is 0. The highest BCUT2D eigenvalue weighted by Crippen LogP contribution is 2.17. The smallest absolute Gasteiger partial charge is 0.213 e. The summed E-state index contributed by atoms with van der Waals surface area (Å²) in [6.45, 7) is 5.53. The fraction of sp³-hybridized carbons (Fsp3) is 0.250. The van der Waals surface area contributed by atoms with Gasteiger partial charge in [-0.05, 0) is 32.9 Å². The fourth-order valence-corrected chi connectivity index (χ4v) is 1.61. The van der Waals surface area contributed by atoms with Crippen molar-refractivity contribution in [1.29, 1.82) is 0 Å². The highest BCUT2D eigenvalue weighted by molar-refractivity contribution is 5.55. The number of rotatable bonds is 1. The highest BCUT2D eigenvalue weighted by Gasteiger charge is 2.06. The summed E-state index contributed by atoms with van der Waals surface area (Å²) in [5.74, 6) is 0.0414. The molecule has 2 rings (SSSR count). The first kappa shape index (κ1) is 10.7. The lowest BCUT2D eigenvalue weighted by atomic mass is 10.2. The maximum absolute atomic E-state index is 13.1. The second-order valence-electron chi connectivity index (χ2n) is 3.79. The third-order valence-electron chi connectivity index (χ3n) is 2.16. The van der Waals surface area contributed by atoms with Gasteiger partial charge in [-0.2, -0.15) is 4.39 Å². The van der Waals surface area contributed by atoms with Crippen molar-refractivity contribution in [2.24, 2.45) is 0 Å². The van der Waals surface area contributed by atoms with Crippen LogP contribution < -0.4 is 0 Å². The van der Waals surface area contributed by atoms with E-state index in [0.717, 1.165) is 11.4 Å². The van der Waals surface area contributed by atoms with Gasteiger partial charge < -0.3 is 0 Å². The Bertz CT molecular complexity index is 448. The normalized spacial score (nSPS) is 10.5. The Morgan fingerprint density at radius 2 is 1.38 bits per heavy atom. The van der Waals surface area contributed by atoms with Crippen molar-refractivity contribution in [2.75, 3.05) is 0 Å². The quantitative estimate of drug-likeness (QED) is 0.689. The fourth-order valence-electron chi connectivity index (χ4n) is 1.61. The Morgan fingerprint density at radius 1 is 0.812 bits per heavy atom. The number of pyridine rings is 1. The Morgan fingerprint density at radius 3 is 1.94 bits per heavy atom. The largest absolute Gasteiger partial charge is 0.233 e. The molecule has 2 aromatic heterocycles. The molecule has 16 heavy (non-hydrogen) atoms. The summed E-state index contributed by atoms with van der Waals surface area (Å²) in [6.07, 6.45) is 0. The molecule has 0 unspecified atom stereocenters. The Hall–Kier alpha value is -1.84. The molecule has 0 radical (unpaired) electrons. The van der Waals surface area contributed by atoms with E-state index >= 15 is 0 Å². The molecule has 3 nitrogen and oxygen atoms in total. The molecule has 0 saturated heterocycles. The number of nitrogens with zero attached hydrogens (tertiary/aromatic N) is 3. The topological polar surface area (TPSA) is 38.7 Å². The van der Waals surface area contributed by atoms with Gasteiger partial charge in [-0.15, -0.1) is 0 Å². The molecule has 0 N–H and O–H groups in total. The van der Waals surface area contributed by atoms with Crippen molar-refractivity contribution in [3.05, 3.63) is 41.2 Å². The van der Waals surface area contributed by atoms with Crippen LogP contribution in [-0.2, 0) is 0 Å². The molecule has 0 spiro atoms. The minimum absolute atomic E-state index is 0.502. The zero-order chi connectivity index (χ0) is 11.7. The first-order chi connectivity index (χ1) is 7.54. The lowest BCUT2D eigenvalue weighted by Gasteiger charge is -2.04. The van der Waals surface area contributed by atoms with Crippen molar-refractivity contribution < 1.29 is 4.39 Å². The summed E-state index contributed by atoms with van der Waals surface area (Å²) < 4.78 is 13.1. The number of hydrogen-bond donors (Lipinski definition) is 0. The minimum atomic E-state index is -0.502. The van der Waals surface area contributed by atoms with Crippen molar-refractivity contribution in [3.8, 4) is 11.4 Å². The maximum Gasteiger partial charge on any atom is 0.213 e. The van der Waals surface area contributed by atoms with Crippen LogP contribution in [0.2, 0.25) is 0 Å². The standard InChI is InChI=1S/C12H12FN3/c1-7-4-8(2)16-12(15-7)10-5-9(3)14-11(13)6-10/h4-6H,1-3H3. The van der Waals surface area contributed by atoms with Gasteiger partial charge >= 0.3 is 0 Å². The summed E-state index contributed by atoms with van der Waals surface area (Å²) in [7, 11) is 0. The number of aromatic nitrogens is 3. The van der Waals surface area contributed by atoms with Crippen molar-refractivity contribution in [2.45, 2.75) is 20.8 Å². The Balaban J connectivity index is 2.57. The molecule has 0 saturated carbocycles. The lowest BCUT2D eigenvalue weighted by molar-refractivity contribution is 0.580. The molecule has 2 aromatic rings. The minimum Gasteiger partial charge on any atom is -0.233 e. The van der Waals surface area contributed by atoms with Crippen LogP contribution in [0.25, 0.3) is 11.4 Å². The van der Waals surface area contributed by atoms with Gasteiger partial charge in [0.15, 0.2) is 5.82 Å².